The van der Waals surface area contributed by atoms with Crippen LogP contribution in [-0.2, 0) is 4.79 Å². The van der Waals surface area contributed by atoms with E-state index in [1.807, 2.05) is 6.07 Å². The van der Waals surface area contributed by atoms with Crippen molar-refractivity contribution in [2.45, 2.75) is 13.3 Å². The number of halogens is 1. The van der Waals surface area contributed by atoms with E-state index in [1.54, 1.807) is 36.5 Å². The molecule has 1 saturated heterocycles. The summed E-state index contributed by atoms with van der Waals surface area (Å²) in [6.07, 6.45) is 1.74. The number of quaternary nitrogens is 1. The molecule has 5 N–H and O–H groups in total. The van der Waals surface area contributed by atoms with Crippen LogP contribution in [0.1, 0.15) is 18.9 Å². The Kier molecular flexibility index (Phi) is 8.87. The van der Waals surface area contributed by atoms with Gasteiger partial charge in [0.2, 0.25) is 0 Å². The van der Waals surface area contributed by atoms with E-state index in [1.165, 1.54) is 12.1 Å². The van der Waals surface area contributed by atoms with E-state index in [0.717, 1.165) is 56.7 Å². The minimum absolute atomic E-state index is 0.172. The first-order chi connectivity index (χ1) is 16.4. The Labute approximate surface area is 198 Å². The van der Waals surface area contributed by atoms with Crippen LogP contribution in [0.4, 0.5) is 21.5 Å². The summed E-state index contributed by atoms with van der Waals surface area (Å²) >= 11 is 0. The molecule has 2 aromatic carbocycles. The Hall–Kier alpha value is -3.58. The van der Waals surface area contributed by atoms with Gasteiger partial charge in [0.25, 0.3) is 5.91 Å². The zero-order chi connectivity index (χ0) is 24.5. The summed E-state index contributed by atoms with van der Waals surface area (Å²) in [6, 6.07) is 13.3. The van der Waals surface area contributed by atoms with E-state index < -0.39 is 5.91 Å². The summed E-state index contributed by atoms with van der Waals surface area (Å²) in [5.74, 6) is -0.802. The molecule has 8 nitrogen and oxygen atoms in total. The van der Waals surface area contributed by atoms with Crippen LogP contribution in [0.3, 0.4) is 0 Å². The number of carbonyl (C=O) groups is 1. The van der Waals surface area contributed by atoms with Gasteiger partial charge in [0, 0.05) is 70.3 Å². The second-order valence-electron chi connectivity index (χ2n) is 8.14. The van der Waals surface area contributed by atoms with Gasteiger partial charge in [-0.05, 0) is 36.8 Å². The molecule has 0 atom stereocenters. The van der Waals surface area contributed by atoms with Gasteiger partial charge in [0.15, 0.2) is 0 Å². The van der Waals surface area contributed by atoms with E-state index in [-0.39, 0.29) is 18.0 Å². The molecule has 0 aliphatic carbocycles. The second-order valence-corrected chi connectivity index (χ2v) is 8.14. The number of piperazine rings is 1. The molecule has 0 aromatic heterocycles. The highest BCUT2D eigenvalue weighted by atomic mass is 19.1. The summed E-state index contributed by atoms with van der Waals surface area (Å²) in [5, 5.41) is 30.9. The van der Waals surface area contributed by atoms with E-state index in [4.69, 9.17) is 10.5 Å². The molecule has 3 rings (SSSR count). The molecule has 0 saturated carbocycles. The van der Waals surface area contributed by atoms with Crippen LogP contribution < -0.4 is 15.5 Å². The first-order valence-corrected chi connectivity index (χ1v) is 11.2. The number of aliphatic hydroxyl groups is 1. The van der Waals surface area contributed by atoms with Crippen molar-refractivity contribution in [3.8, 4) is 6.07 Å². The molecule has 1 aliphatic rings. The minimum Gasteiger partial charge on any atom is -0.396 e. The van der Waals surface area contributed by atoms with Gasteiger partial charge in [-0.1, -0.05) is 0 Å². The molecule has 0 radical (unpaired) electrons. The monoisotopic (exact) mass is 465 g/mol. The zero-order valence-electron chi connectivity index (χ0n) is 19.2. The predicted octanol–water partition coefficient (Wildman–Crippen LogP) is 1.96. The van der Waals surface area contributed by atoms with E-state index in [0.29, 0.717) is 16.9 Å². The van der Waals surface area contributed by atoms with Crippen LogP contribution in [0.2, 0.25) is 0 Å². The van der Waals surface area contributed by atoms with Gasteiger partial charge >= 0.3 is 0 Å². The first-order valence-electron chi connectivity index (χ1n) is 11.2. The lowest BCUT2D eigenvalue weighted by Gasteiger charge is -2.36. The third-order valence-electron chi connectivity index (χ3n) is 5.79. The normalized spacial score (nSPS) is 14.8. The number of nitrogens with one attached hydrogen (secondary N) is 2. The Balaban J connectivity index is 1.69. The van der Waals surface area contributed by atoms with Crippen LogP contribution in [0.5, 0.6) is 0 Å². The topological polar surface area (TPSA) is 120 Å². The fourth-order valence-corrected chi connectivity index (χ4v) is 3.93. The third-order valence-corrected chi connectivity index (χ3v) is 5.79. The third kappa shape index (κ3) is 6.48. The van der Waals surface area contributed by atoms with Crippen LogP contribution in [0.25, 0.3) is 0 Å². The maximum Gasteiger partial charge on any atom is 0.262 e. The van der Waals surface area contributed by atoms with Gasteiger partial charge in [-0.25, -0.2) is 4.39 Å². The van der Waals surface area contributed by atoms with Gasteiger partial charge in [0.05, 0.1) is 11.3 Å². The van der Waals surface area contributed by atoms with Crippen molar-refractivity contribution in [1.82, 2.24) is 4.90 Å². The number of nitriles is 1. The number of aliphatic hydroxyl groups excluding tert-OH is 1. The van der Waals surface area contributed by atoms with Gasteiger partial charge in [-0.2, -0.15) is 5.26 Å². The van der Waals surface area contributed by atoms with Crippen molar-refractivity contribution < 1.29 is 19.6 Å². The number of carbonyl (C=O) groups excluding carboxylic acids is 1. The summed E-state index contributed by atoms with van der Waals surface area (Å²) in [7, 11) is 0. The average molecular weight is 466 g/mol. The van der Waals surface area contributed by atoms with Crippen LogP contribution in [0.15, 0.2) is 53.7 Å². The predicted molar refractivity (Wildman–Crippen MR) is 130 cm³/mol. The molecule has 34 heavy (non-hydrogen) atoms. The summed E-state index contributed by atoms with van der Waals surface area (Å²) in [6.45, 7) is 6.05. The maximum atomic E-state index is 13.1. The molecule has 2 aromatic rings. The van der Waals surface area contributed by atoms with Gasteiger partial charge < -0.3 is 20.7 Å². The number of benzene rings is 2. The fourth-order valence-electron chi connectivity index (χ4n) is 3.93. The number of anilines is 2. The zero-order valence-corrected chi connectivity index (χ0v) is 19.2. The molecule has 1 fully saturated rings. The molecular formula is C25H30FN6O2+. The Morgan fingerprint density at radius 1 is 1.24 bits per heavy atom. The maximum absolute atomic E-state index is 13.1. The number of allylic oxidation sites excluding steroid dienone is 1. The minimum atomic E-state index is -0.458. The van der Waals surface area contributed by atoms with Crippen molar-refractivity contribution in [2.75, 3.05) is 49.5 Å². The Bertz CT molecular complexity index is 1090. The number of nitrogens with two attached hydrogens (primary N) is 1. The summed E-state index contributed by atoms with van der Waals surface area (Å²) in [4.78, 5) is 17.3. The molecule has 1 aliphatic heterocycles. The van der Waals surface area contributed by atoms with Crippen LogP contribution >= 0.6 is 0 Å². The quantitative estimate of drug-likeness (QED) is 0.256. The molecule has 0 spiro atoms. The highest BCUT2D eigenvalue weighted by Crippen LogP contribution is 2.25. The number of hydrogen-bond donors (Lipinski definition) is 4. The fraction of sp³-hybridized carbons (Fsp3) is 0.320. The molecule has 178 valence electrons. The standard InChI is InChI=1S/C25H29FN6O2/c1-18(29-21-5-3-20(26)4-6-21)23(17-28)25(34)30-22-7-8-24(19(15-22)16-27)32-12-10-31(11-13-32)9-2-14-33/h3-8,15,17,28-29,33H,2,9-14H2,1H3,(H,30,34)/p+1. The van der Waals surface area contributed by atoms with Crippen molar-refractivity contribution in [3.63, 3.8) is 0 Å². The highest BCUT2D eigenvalue weighted by molar-refractivity contribution is 6.17. The lowest BCUT2D eigenvalue weighted by Crippen LogP contribution is -2.75. The lowest BCUT2D eigenvalue weighted by molar-refractivity contribution is -0.517. The highest BCUT2D eigenvalue weighted by Gasteiger charge is 2.20. The number of amides is 1. The molecule has 0 bridgehead atoms. The largest absolute Gasteiger partial charge is 0.396 e. The molecule has 0 unspecified atom stereocenters. The first kappa shape index (κ1) is 25.1. The molecule has 1 heterocycles. The average Bonchev–Trinajstić information content (AvgIpc) is 2.85. The van der Waals surface area contributed by atoms with Gasteiger partial charge in [0.1, 0.15) is 28.8 Å². The molecular weight excluding hydrogens is 435 g/mol. The van der Waals surface area contributed by atoms with Crippen LogP contribution in [0, 0.1) is 22.6 Å². The Morgan fingerprint density at radius 2 is 1.94 bits per heavy atom. The van der Waals surface area contributed by atoms with Gasteiger partial charge in [-0.15, -0.1) is 0 Å². The van der Waals surface area contributed by atoms with Crippen molar-refractivity contribution in [1.29, 1.82) is 10.7 Å². The SMILES string of the molecule is CC([NH2+]c1ccc(F)cc1)=C(C=N)C(=O)Nc1ccc(N2CCN(CCCO)CC2)c(C#N)c1. The number of nitrogens with zero attached hydrogens (tertiary/aromatic N) is 3. The van der Waals surface area contributed by atoms with Crippen molar-refractivity contribution >= 4 is 29.2 Å². The smallest absolute Gasteiger partial charge is 0.262 e. The van der Waals surface area contributed by atoms with E-state index in [2.05, 4.69) is 21.2 Å². The number of rotatable bonds is 9. The van der Waals surface area contributed by atoms with Crippen LogP contribution in [-0.4, -0.2) is 61.5 Å². The second kappa shape index (κ2) is 12.0. The van der Waals surface area contributed by atoms with Crippen molar-refractivity contribution in [3.05, 3.63) is 65.1 Å². The lowest BCUT2D eigenvalue weighted by atomic mass is 10.1. The molecule has 1 amide bonds. The molecule has 9 heteroatoms. The number of hydrogen-bond acceptors (Lipinski definition) is 6. The Morgan fingerprint density at radius 3 is 2.56 bits per heavy atom. The van der Waals surface area contributed by atoms with Crippen molar-refractivity contribution in [2.24, 2.45) is 0 Å². The summed E-state index contributed by atoms with van der Waals surface area (Å²) in [5.41, 5.74) is 3.23. The summed E-state index contributed by atoms with van der Waals surface area (Å²) < 4.78 is 13.1. The van der Waals surface area contributed by atoms with E-state index >= 15 is 0 Å². The van der Waals surface area contributed by atoms with Gasteiger partial charge in [-0.3, -0.25) is 15.0 Å². The van der Waals surface area contributed by atoms with E-state index in [9.17, 15) is 14.4 Å².